The van der Waals surface area contributed by atoms with Crippen molar-refractivity contribution >= 4 is 44.4 Å². The first kappa shape index (κ1) is 18.9. The number of anilines is 1. The molecule has 1 aromatic carbocycles. The quantitative estimate of drug-likeness (QED) is 0.440. The second-order valence-corrected chi connectivity index (χ2v) is 7.30. The Morgan fingerprint density at radius 1 is 1.36 bits per heavy atom. The number of hydrogen-bond donors (Lipinski definition) is 2. The average Bonchev–Trinajstić information content (AvgIpc) is 2.48. The lowest BCUT2D eigenvalue weighted by atomic mass is 10.1. The number of ether oxygens (including phenoxy) is 1. The van der Waals surface area contributed by atoms with Gasteiger partial charge in [-0.25, -0.2) is 9.78 Å². The molecule has 0 spiro atoms. The molecule has 0 atom stereocenters. The number of carbonyl (C=O) groups excluding carboxylic acids is 1. The van der Waals surface area contributed by atoms with Crippen LogP contribution < -0.4 is 10.6 Å². The third-order valence-electron chi connectivity index (χ3n) is 3.06. The predicted octanol–water partition coefficient (Wildman–Crippen LogP) is 3.84. The van der Waals surface area contributed by atoms with E-state index < -0.39 is 16.6 Å². The van der Waals surface area contributed by atoms with Crippen LogP contribution in [0, 0.1) is 10.1 Å². The Morgan fingerprint density at radius 3 is 2.72 bits per heavy atom. The highest BCUT2D eigenvalue weighted by Gasteiger charge is 2.18. The van der Waals surface area contributed by atoms with Crippen molar-refractivity contribution in [2.45, 2.75) is 26.3 Å². The zero-order chi connectivity index (χ0) is 18.6. The Morgan fingerprint density at radius 2 is 2.08 bits per heavy atom. The van der Waals surface area contributed by atoms with E-state index in [1.807, 2.05) is 20.8 Å². The SMILES string of the molecule is CC(C)(C)NC(=O)OCCNc1nc2cc(Br)ccc2cc1[N+](=O)[O-]. The summed E-state index contributed by atoms with van der Waals surface area (Å²) in [5.41, 5.74) is 0.0965. The van der Waals surface area contributed by atoms with Gasteiger partial charge in [0.1, 0.15) is 6.61 Å². The number of rotatable bonds is 5. The van der Waals surface area contributed by atoms with Gasteiger partial charge in [-0.1, -0.05) is 22.0 Å². The van der Waals surface area contributed by atoms with Crippen LogP contribution in [0.1, 0.15) is 20.8 Å². The van der Waals surface area contributed by atoms with E-state index in [9.17, 15) is 14.9 Å². The largest absolute Gasteiger partial charge is 0.448 e. The molecule has 1 heterocycles. The van der Waals surface area contributed by atoms with Gasteiger partial charge in [0.15, 0.2) is 0 Å². The minimum atomic E-state index is -0.542. The first-order chi connectivity index (χ1) is 11.7. The summed E-state index contributed by atoms with van der Waals surface area (Å²) in [6.07, 6.45) is -0.542. The standard InChI is InChI=1S/C16H19BrN4O4/c1-16(2,3)20-15(22)25-7-6-18-14-13(21(23)24)8-10-4-5-11(17)9-12(10)19-14/h4-5,8-9H,6-7H2,1-3H3,(H,18,19)(H,20,22). The molecule has 1 aromatic heterocycles. The normalized spacial score (nSPS) is 11.2. The van der Waals surface area contributed by atoms with Crippen molar-refractivity contribution in [1.29, 1.82) is 0 Å². The van der Waals surface area contributed by atoms with Crippen LogP contribution in [0.15, 0.2) is 28.7 Å². The highest BCUT2D eigenvalue weighted by Crippen LogP contribution is 2.28. The third kappa shape index (κ3) is 5.56. The maximum atomic E-state index is 11.6. The Hall–Kier alpha value is -2.42. The molecule has 0 bridgehead atoms. The fourth-order valence-corrected chi connectivity index (χ4v) is 2.40. The lowest BCUT2D eigenvalue weighted by molar-refractivity contribution is -0.384. The molecule has 2 aromatic rings. The third-order valence-corrected chi connectivity index (χ3v) is 3.55. The predicted molar refractivity (Wildman–Crippen MR) is 98.8 cm³/mol. The maximum absolute atomic E-state index is 11.6. The van der Waals surface area contributed by atoms with Gasteiger partial charge in [-0.2, -0.15) is 0 Å². The Kier molecular flexibility index (Phi) is 5.78. The van der Waals surface area contributed by atoms with Crippen molar-refractivity contribution in [3.05, 3.63) is 38.9 Å². The molecule has 1 amide bonds. The van der Waals surface area contributed by atoms with E-state index in [-0.39, 0.29) is 24.7 Å². The zero-order valence-electron chi connectivity index (χ0n) is 14.1. The number of amides is 1. The number of nitro groups is 1. The summed E-state index contributed by atoms with van der Waals surface area (Å²) in [4.78, 5) is 26.6. The van der Waals surface area contributed by atoms with E-state index in [0.717, 1.165) is 4.47 Å². The van der Waals surface area contributed by atoms with Crippen LogP contribution in [0.2, 0.25) is 0 Å². The molecule has 0 fully saturated rings. The summed E-state index contributed by atoms with van der Waals surface area (Å²) in [5.74, 6) is 0.135. The van der Waals surface area contributed by atoms with Gasteiger partial charge < -0.3 is 15.4 Å². The van der Waals surface area contributed by atoms with E-state index in [2.05, 4.69) is 31.5 Å². The van der Waals surface area contributed by atoms with Crippen LogP contribution in [-0.4, -0.2) is 34.7 Å². The number of aromatic nitrogens is 1. The van der Waals surface area contributed by atoms with Crippen molar-refractivity contribution in [2.75, 3.05) is 18.5 Å². The fraction of sp³-hybridized carbons (Fsp3) is 0.375. The highest BCUT2D eigenvalue weighted by atomic mass is 79.9. The van der Waals surface area contributed by atoms with Crippen LogP contribution in [-0.2, 0) is 4.74 Å². The Balaban J connectivity index is 2.05. The number of pyridine rings is 1. The Labute approximate surface area is 153 Å². The number of halogens is 1. The zero-order valence-corrected chi connectivity index (χ0v) is 15.7. The van der Waals surface area contributed by atoms with Gasteiger partial charge in [-0.15, -0.1) is 0 Å². The molecule has 0 saturated heterocycles. The van der Waals surface area contributed by atoms with Gasteiger partial charge in [0.25, 0.3) is 0 Å². The monoisotopic (exact) mass is 410 g/mol. The van der Waals surface area contributed by atoms with Gasteiger partial charge in [0, 0.05) is 21.5 Å². The summed E-state index contributed by atoms with van der Waals surface area (Å²) >= 11 is 3.35. The second kappa shape index (κ2) is 7.64. The van der Waals surface area contributed by atoms with E-state index in [1.165, 1.54) is 6.07 Å². The van der Waals surface area contributed by atoms with E-state index in [1.54, 1.807) is 18.2 Å². The number of carbonyl (C=O) groups is 1. The van der Waals surface area contributed by atoms with Crippen LogP contribution in [0.25, 0.3) is 10.9 Å². The molecule has 134 valence electrons. The molecule has 0 aliphatic heterocycles. The molecule has 25 heavy (non-hydrogen) atoms. The van der Waals surface area contributed by atoms with Gasteiger partial charge >= 0.3 is 11.8 Å². The van der Waals surface area contributed by atoms with Gasteiger partial charge in [-0.3, -0.25) is 10.1 Å². The first-order valence-corrected chi connectivity index (χ1v) is 8.38. The Bertz CT molecular complexity index is 805. The van der Waals surface area contributed by atoms with E-state index in [4.69, 9.17) is 4.74 Å². The number of hydrogen-bond acceptors (Lipinski definition) is 6. The van der Waals surface area contributed by atoms with E-state index in [0.29, 0.717) is 10.9 Å². The van der Waals surface area contributed by atoms with Gasteiger partial charge in [0.2, 0.25) is 5.82 Å². The van der Waals surface area contributed by atoms with E-state index >= 15 is 0 Å². The molecule has 2 rings (SSSR count). The number of nitrogens with zero attached hydrogens (tertiary/aromatic N) is 2. The fourth-order valence-electron chi connectivity index (χ4n) is 2.05. The molecule has 0 aliphatic carbocycles. The molecular formula is C16H19BrN4O4. The van der Waals surface area contributed by atoms with Crippen molar-refractivity contribution in [1.82, 2.24) is 10.3 Å². The molecule has 0 aliphatic rings. The topological polar surface area (TPSA) is 106 Å². The summed E-state index contributed by atoms with van der Waals surface area (Å²) in [7, 11) is 0. The minimum absolute atomic E-state index is 0.0528. The summed E-state index contributed by atoms with van der Waals surface area (Å²) in [5, 5.41) is 17.4. The lowest BCUT2D eigenvalue weighted by Crippen LogP contribution is -2.41. The first-order valence-electron chi connectivity index (χ1n) is 7.59. The smallest absolute Gasteiger partial charge is 0.407 e. The molecule has 2 N–H and O–H groups in total. The molecular weight excluding hydrogens is 392 g/mol. The van der Waals surface area contributed by atoms with Gasteiger partial charge in [0.05, 0.1) is 17.0 Å². The average molecular weight is 411 g/mol. The number of fused-ring (bicyclic) bond motifs is 1. The number of alkyl carbamates (subject to hydrolysis) is 1. The lowest BCUT2D eigenvalue weighted by Gasteiger charge is -2.20. The van der Waals surface area contributed by atoms with Gasteiger partial charge in [-0.05, 0) is 32.9 Å². The maximum Gasteiger partial charge on any atom is 0.407 e. The van der Waals surface area contributed by atoms with Crippen molar-refractivity contribution in [2.24, 2.45) is 0 Å². The molecule has 0 radical (unpaired) electrons. The van der Waals surface area contributed by atoms with Crippen LogP contribution >= 0.6 is 15.9 Å². The molecule has 0 unspecified atom stereocenters. The summed E-state index contributed by atoms with van der Waals surface area (Å²) in [6.45, 7) is 5.77. The van der Waals surface area contributed by atoms with Crippen molar-refractivity contribution in [3.63, 3.8) is 0 Å². The molecule has 8 nitrogen and oxygen atoms in total. The number of nitrogens with one attached hydrogen (secondary N) is 2. The summed E-state index contributed by atoms with van der Waals surface area (Å²) in [6, 6.07) is 6.79. The van der Waals surface area contributed by atoms with Crippen LogP contribution in [0.4, 0.5) is 16.3 Å². The van der Waals surface area contributed by atoms with Crippen LogP contribution in [0.5, 0.6) is 0 Å². The highest BCUT2D eigenvalue weighted by molar-refractivity contribution is 9.10. The van der Waals surface area contributed by atoms with Crippen molar-refractivity contribution < 1.29 is 14.5 Å². The van der Waals surface area contributed by atoms with Crippen LogP contribution in [0.3, 0.4) is 0 Å². The molecule has 0 saturated carbocycles. The summed E-state index contributed by atoms with van der Waals surface area (Å²) < 4.78 is 5.86. The molecule has 9 heteroatoms. The second-order valence-electron chi connectivity index (χ2n) is 6.39. The van der Waals surface area contributed by atoms with Crippen molar-refractivity contribution in [3.8, 4) is 0 Å². The minimum Gasteiger partial charge on any atom is -0.448 e. The number of benzene rings is 1.